The summed E-state index contributed by atoms with van der Waals surface area (Å²) in [4.78, 5) is 10.8. The van der Waals surface area contributed by atoms with Gasteiger partial charge in [-0.25, -0.2) is 4.79 Å². The molecular weight excluding hydrogens is 272 g/mol. The van der Waals surface area contributed by atoms with E-state index in [1.807, 2.05) is 30.3 Å². The fourth-order valence-corrected chi connectivity index (χ4v) is 1.97. The van der Waals surface area contributed by atoms with Crippen LogP contribution in [0.3, 0.4) is 0 Å². The maximum atomic E-state index is 10.8. The summed E-state index contributed by atoms with van der Waals surface area (Å²) in [5.41, 5.74) is 0.433. The summed E-state index contributed by atoms with van der Waals surface area (Å²) in [6.07, 6.45) is 3.78. The Balaban J connectivity index is 2.56. The van der Waals surface area contributed by atoms with E-state index in [9.17, 15) is 15.0 Å². The van der Waals surface area contributed by atoms with Crippen LogP contribution in [-0.4, -0.2) is 43.3 Å². The van der Waals surface area contributed by atoms with Crippen LogP contribution in [0.2, 0.25) is 0 Å². The fourth-order valence-electron chi connectivity index (χ4n) is 1.97. The van der Waals surface area contributed by atoms with E-state index in [2.05, 4.69) is 4.74 Å². The van der Waals surface area contributed by atoms with Crippen molar-refractivity contribution in [1.29, 1.82) is 0 Å². The lowest BCUT2D eigenvalue weighted by atomic mass is 9.80. The van der Waals surface area contributed by atoms with Crippen LogP contribution >= 0.6 is 0 Å². The molecule has 21 heavy (non-hydrogen) atoms. The van der Waals surface area contributed by atoms with Gasteiger partial charge in [-0.3, -0.25) is 0 Å². The van der Waals surface area contributed by atoms with Gasteiger partial charge in [0.2, 0.25) is 0 Å². The molecule has 1 aromatic carbocycles. The molecule has 5 heteroatoms. The Bertz CT molecular complexity index is 437. The Morgan fingerprint density at radius 2 is 1.86 bits per heavy atom. The standard InChI is InChI=1S/C16H22O5/c1-20-15(19)21-10-6-5-9-16(12-17,13-18)11-14-7-3-2-4-8-14/h2-8,17-18H,9-13H2,1H3/b6-5+. The van der Waals surface area contributed by atoms with E-state index in [4.69, 9.17) is 4.74 Å². The van der Waals surface area contributed by atoms with Crippen molar-refractivity contribution in [2.75, 3.05) is 26.9 Å². The van der Waals surface area contributed by atoms with Crippen molar-refractivity contribution < 1.29 is 24.5 Å². The van der Waals surface area contributed by atoms with Crippen LogP contribution in [0.25, 0.3) is 0 Å². The third kappa shape index (κ3) is 5.97. The Kier molecular flexibility index (Phi) is 7.50. The second-order valence-corrected chi connectivity index (χ2v) is 4.92. The number of hydrogen-bond acceptors (Lipinski definition) is 5. The minimum absolute atomic E-state index is 0.102. The molecule has 0 aliphatic heterocycles. The monoisotopic (exact) mass is 294 g/mol. The Labute approximate surface area is 124 Å². The first kappa shape index (κ1) is 17.2. The number of methoxy groups -OCH3 is 1. The van der Waals surface area contributed by atoms with E-state index in [1.165, 1.54) is 7.11 Å². The third-order valence-corrected chi connectivity index (χ3v) is 3.27. The number of allylic oxidation sites excluding steroid dienone is 1. The van der Waals surface area contributed by atoms with Gasteiger partial charge in [0, 0.05) is 5.41 Å². The van der Waals surface area contributed by atoms with Crippen molar-refractivity contribution in [2.24, 2.45) is 5.41 Å². The highest BCUT2D eigenvalue weighted by Crippen LogP contribution is 2.27. The molecule has 0 saturated carbocycles. The van der Waals surface area contributed by atoms with Gasteiger partial charge in [-0.15, -0.1) is 0 Å². The third-order valence-electron chi connectivity index (χ3n) is 3.27. The van der Waals surface area contributed by atoms with Gasteiger partial charge in [-0.2, -0.15) is 0 Å². The summed E-state index contributed by atoms with van der Waals surface area (Å²) in [5.74, 6) is 0. The number of carbonyl (C=O) groups is 1. The smallest absolute Gasteiger partial charge is 0.438 e. The summed E-state index contributed by atoms with van der Waals surface area (Å²) < 4.78 is 9.06. The van der Waals surface area contributed by atoms with Crippen LogP contribution in [0.5, 0.6) is 0 Å². The molecule has 0 bridgehead atoms. The quantitative estimate of drug-likeness (QED) is 0.566. The molecule has 0 fully saturated rings. The highest BCUT2D eigenvalue weighted by molar-refractivity contribution is 5.59. The van der Waals surface area contributed by atoms with Gasteiger partial charge in [0.25, 0.3) is 0 Å². The number of rotatable bonds is 8. The lowest BCUT2D eigenvalue weighted by Gasteiger charge is -2.28. The van der Waals surface area contributed by atoms with Crippen molar-refractivity contribution in [2.45, 2.75) is 12.8 Å². The first-order chi connectivity index (χ1) is 10.2. The maximum absolute atomic E-state index is 10.8. The second kappa shape index (κ2) is 9.15. The second-order valence-electron chi connectivity index (χ2n) is 4.92. The van der Waals surface area contributed by atoms with Crippen LogP contribution in [0.15, 0.2) is 42.5 Å². The van der Waals surface area contributed by atoms with Crippen molar-refractivity contribution in [1.82, 2.24) is 0 Å². The number of hydrogen-bond donors (Lipinski definition) is 2. The minimum Gasteiger partial charge on any atom is -0.438 e. The molecule has 0 aliphatic rings. The van der Waals surface area contributed by atoms with Gasteiger partial charge >= 0.3 is 6.16 Å². The van der Waals surface area contributed by atoms with E-state index in [0.717, 1.165) is 5.56 Å². The Morgan fingerprint density at radius 1 is 1.19 bits per heavy atom. The highest BCUT2D eigenvalue weighted by atomic mass is 16.7. The van der Waals surface area contributed by atoms with Crippen LogP contribution in [0, 0.1) is 5.41 Å². The molecule has 0 amide bonds. The van der Waals surface area contributed by atoms with Crippen LogP contribution in [0.4, 0.5) is 4.79 Å². The summed E-state index contributed by atoms with van der Waals surface area (Å²) >= 11 is 0. The molecule has 0 heterocycles. The molecule has 5 nitrogen and oxygen atoms in total. The van der Waals surface area contributed by atoms with Crippen molar-refractivity contribution in [3.8, 4) is 0 Å². The molecule has 0 unspecified atom stereocenters. The van der Waals surface area contributed by atoms with E-state index < -0.39 is 11.6 Å². The number of aliphatic hydroxyl groups excluding tert-OH is 2. The molecule has 0 saturated heterocycles. The number of aliphatic hydroxyl groups is 2. The zero-order valence-electron chi connectivity index (χ0n) is 12.2. The van der Waals surface area contributed by atoms with Crippen LogP contribution in [-0.2, 0) is 15.9 Å². The first-order valence-corrected chi connectivity index (χ1v) is 6.77. The molecule has 0 aliphatic carbocycles. The average molecular weight is 294 g/mol. The van der Waals surface area contributed by atoms with Gasteiger partial charge in [0.15, 0.2) is 0 Å². The summed E-state index contributed by atoms with van der Waals surface area (Å²) in [5, 5.41) is 19.2. The van der Waals surface area contributed by atoms with Gasteiger partial charge in [0.05, 0.1) is 20.3 Å². The molecule has 2 N–H and O–H groups in total. The van der Waals surface area contributed by atoms with E-state index in [-0.39, 0.29) is 19.8 Å². The van der Waals surface area contributed by atoms with Crippen LogP contribution < -0.4 is 0 Å². The Hall–Kier alpha value is -1.85. The zero-order valence-corrected chi connectivity index (χ0v) is 12.2. The predicted molar refractivity (Wildman–Crippen MR) is 78.9 cm³/mol. The molecule has 0 spiro atoms. The van der Waals surface area contributed by atoms with Gasteiger partial charge < -0.3 is 19.7 Å². The van der Waals surface area contributed by atoms with E-state index >= 15 is 0 Å². The molecule has 116 valence electrons. The molecule has 0 aromatic heterocycles. The molecule has 0 atom stereocenters. The van der Waals surface area contributed by atoms with Crippen molar-refractivity contribution >= 4 is 6.16 Å². The van der Waals surface area contributed by atoms with Crippen molar-refractivity contribution in [3.63, 3.8) is 0 Å². The van der Waals surface area contributed by atoms with Gasteiger partial charge in [-0.05, 0) is 18.4 Å². The van der Waals surface area contributed by atoms with Crippen molar-refractivity contribution in [3.05, 3.63) is 48.0 Å². The average Bonchev–Trinajstić information content (AvgIpc) is 2.54. The topological polar surface area (TPSA) is 76.0 Å². The number of benzene rings is 1. The molecule has 0 radical (unpaired) electrons. The highest BCUT2D eigenvalue weighted by Gasteiger charge is 2.27. The number of ether oxygens (including phenoxy) is 2. The normalized spacial score (nSPS) is 11.6. The summed E-state index contributed by atoms with van der Waals surface area (Å²) in [7, 11) is 1.24. The predicted octanol–water partition coefficient (Wildman–Crippen LogP) is 1.93. The zero-order chi connectivity index (χ0) is 15.6. The Morgan fingerprint density at radius 3 is 2.43 bits per heavy atom. The molecular formula is C16H22O5. The SMILES string of the molecule is COC(=O)OC/C=C/CC(CO)(CO)Cc1ccccc1. The van der Waals surface area contributed by atoms with E-state index in [0.29, 0.717) is 12.8 Å². The minimum atomic E-state index is -0.737. The fraction of sp³-hybridized carbons (Fsp3) is 0.438. The molecule has 1 aromatic rings. The lowest BCUT2D eigenvalue weighted by Crippen LogP contribution is -2.32. The molecule has 1 rings (SSSR count). The summed E-state index contributed by atoms with van der Waals surface area (Å²) in [6.45, 7) is -0.147. The van der Waals surface area contributed by atoms with Gasteiger partial charge in [-0.1, -0.05) is 42.5 Å². The lowest BCUT2D eigenvalue weighted by molar-refractivity contribution is 0.0566. The van der Waals surface area contributed by atoms with Crippen LogP contribution in [0.1, 0.15) is 12.0 Å². The largest absolute Gasteiger partial charge is 0.508 e. The maximum Gasteiger partial charge on any atom is 0.508 e. The number of carbonyl (C=O) groups excluding carboxylic acids is 1. The van der Waals surface area contributed by atoms with Gasteiger partial charge in [0.1, 0.15) is 6.61 Å². The summed E-state index contributed by atoms with van der Waals surface area (Å²) in [6, 6.07) is 9.70. The first-order valence-electron chi connectivity index (χ1n) is 6.77. The van der Waals surface area contributed by atoms with E-state index in [1.54, 1.807) is 12.2 Å².